The predicted molar refractivity (Wildman–Crippen MR) is 114 cm³/mol. The summed E-state index contributed by atoms with van der Waals surface area (Å²) >= 11 is 0. The SMILES string of the molecule is CCCC(=O)Nc1cccc(NCC(=O)Nc2cccc(OC(C)CC)c2)c1. The van der Waals surface area contributed by atoms with Gasteiger partial charge in [0.25, 0.3) is 0 Å². The van der Waals surface area contributed by atoms with Crippen LogP contribution >= 0.6 is 0 Å². The van der Waals surface area contributed by atoms with Crippen LogP contribution in [-0.4, -0.2) is 24.5 Å². The summed E-state index contributed by atoms with van der Waals surface area (Å²) in [5.74, 6) is 0.550. The van der Waals surface area contributed by atoms with Gasteiger partial charge in [0.1, 0.15) is 5.75 Å². The van der Waals surface area contributed by atoms with E-state index in [0.717, 1.165) is 24.3 Å². The normalized spacial score (nSPS) is 11.4. The molecule has 6 heteroatoms. The Labute approximate surface area is 166 Å². The second-order valence-electron chi connectivity index (χ2n) is 6.65. The van der Waals surface area contributed by atoms with Crippen LogP contribution in [0.2, 0.25) is 0 Å². The van der Waals surface area contributed by atoms with Gasteiger partial charge in [0.2, 0.25) is 11.8 Å². The average molecular weight is 383 g/mol. The van der Waals surface area contributed by atoms with Crippen molar-refractivity contribution in [2.75, 3.05) is 22.5 Å². The van der Waals surface area contributed by atoms with Crippen LogP contribution < -0.4 is 20.7 Å². The standard InChI is InChI=1S/C22H29N3O3/c1-4-8-21(26)24-18-10-6-9-17(13-18)23-15-22(27)25-19-11-7-12-20(14-19)28-16(3)5-2/h6-7,9-14,16,23H,4-5,8,15H2,1-3H3,(H,24,26)(H,25,27). The Balaban J connectivity index is 1.87. The van der Waals surface area contributed by atoms with Gasteiger partial charge in [0.05, 0.1) is 12.6 Å². The van der Waals surface area contributed by atoms with Crippen LogP contribution in [-0.2, 0) is 9.59 Å². The molecule has 0 aliphatic heterocycles. The fourth-order valence-electron chi connectivity index (χ4n) is 2.51. The van der Waals surface area contributed by atoms with E-state index in [9.17, 15) is 9.59 Å². The maximum absolute atomic E-state index is 12.2. The van der Waals surface area contributed by atoms with Gasteiger partial charge in [-0.3, -0.25) is 9.59 Å². The Bertz CT molecular complexity index is 792. The van der Waals surface area contributed by atoms with E-state index >= 15 is 0 Å². The molecule has 2 amide bonds. The molecule has 150 valence electrons. The van der Waals surface area contributed by atoms with Crippen LogP contribution in [0.4, 0.5) is 17.1 Å². The fourth-order valence-corrected chi connectivity index (χ4v) is 2.51. The summed E-state index contributed by atoms with van der Waals surface area (Å²) in [6.07, 6.45) is 2.32. The highest BCUT2D eigenvalue weighted by atomic mass is 16.5. The molecular formula is C22H29N3O3. The van der Waals surface area contributed by atoms with E-state index < -0.39 is 0 Å². The molecule has 2 aromatic rings. The van der Waals surface area contributed by atoms with Crippen molar-refractivity contribution in [1.82, 2.24) is 0 Å². The third-order valence-corrected chi connectivity index (χ3v) is 4.11. The van der Waals surface area contributed by atoms with E-state index in [1.165, 1.54) is 0 Å². The Hall–Kier alpha value is -3.02. The Morgan fingerprint density at radius 3 is 2.29 bits per heavy atom. The van der Waals surface area contributed by atoms with Crippen LogP contribution in [0.1, 0.15) is 40.0 Å². The number of ether oxygens (including phenoxy) is 1. The van der Waals surface area contributed by atoms with Crippen LogP contribution in [0.5, 0.6) is 5.75 Å². The molecule has 0 aromatic heterocycles. The summed E-state index contributed by atoms with van der Waals surface area (Å²) in [5.41, 5.74) is 2.16. The van der Waals surface area contributed by atoms with Gasteiger partial charge in [0, 0.05) is 29.5 Å². The molecule has 0 aliphatic carbocycles. The van der Waals surface area contributed by atoms with Gasteiger partial charge in [-0.2, -0.15) is 0 Å². The molecule has 0 spiro atoms. The van der Waals surface area contributed by atoms with Gasteiger partial charge < -0.3 is 20.7 Å². The van der Waals surface area contributed by atoms with Gasteiger partial charge in [-0.15, -0.1) is 0 Å². The zero-order valence-corrected chi connectivity index (χ0v) is 16.7. The van der Waals surface area contributed by atoms with Crippen molar-refractivity contribution in [2.24, 2.45) is 0 Å². The van der Waals surface area contributed by atoms with Gasteiger partial charge in [-0.05, 0) is 50.1 Å². The minimum absolute atomic E-state index is 0.0168. The van der Waals surface area contributed by atoms with Crippen LogP contribution in [0.15, 0.2) is 48.5 Å². The molecule has 2 aromatic carbocycles. The van der Waals surface area contributed by atoms with Crippen molar-refractivity contribution in [1.29, 1.82) is 0 Å². The number of amides is 2. The van der Waals surface area contributed by atoms with Gasteiger partial charge in [-0.25, -0.2) is 0 Å². The van der Waals surface area contributed by atoms with Gasteiger partial charge in [-0.1, -0.05) is 26.0 Å². The number of carbonyl (C=O) groups is 2. The third kappa shape index (κ3) is 7.31. The summed E-state index contributed by atoms with van der Waals surface area (Å²) in [6.45, 7) is 6.14. The van der Waals surface area contributed by atoms with Crippen molar-refractivity contribution < 1.29 is 14.3 Å². The highest BCUT2D eigenvalue weighted by Gasteiger charge is 2.06. The summed E-state index contributed by atoms with van der Waals surface area (Å²) in [4.78, 5) is 23.9. The Morgan fingerprint density at radius 2 is 1.57 bits per heavy atom. The number of nitrogens with one attached hydrogen (secondary N) is 3. The molecule has 0 bridgehead atoms. The first-order valence-electron chi connectivity index (χ1n) is 9.70. The van der Waals surface area contributed by atoms with Crippen molar-refractivity contribution in [3.63, 3.8) is 0 Å². The molecule has 0 aliphatic rings. The van der Waals surface area contributed by atoms with E-state index in [1.54, 1.807) is 6.07 Å². The first-order chi connectivity index (χ1) is 13.5. The fraction of sp³-hybridized carbons (Fsp3) is 0.364. The number of hydrogen-bond donors (Lipinski definition) is 3. The molecule has 6 nitrogen and oxygen atoms in total. The zero-order valence-electron chi connectivity index (χ0n) is 16.7. The minimum atomic E-state index is -0.166. The molecule has 0 radical (unpaired) electrons. The molecule has 1 unspecified atom stereocenters. The molecule has 2 rings (SSSR count). The third-order valence-electron chi connectivity index (χ3n) is 4.11. The maximum atomic E-state index is 12.2. The lowest BCUT2D eigenvalue weighted by molar-refractivity contribution is -0.116. The van der Waals surface area contributed by atoms with Gasteiger partial charge >= 0.3 is 0 Å². The van der Waals surface area contributed by atoms with Crippen molar-refractivity contribution in [3.05, 3.63) is 48.5 Å². The van der Waals surface area contributed by atoms with E-state index in [2.05, 4.69) is 22.9 Å². The van der Waals surface area contributed by atoms with Crippen molar-refractivity contribution >= 4 is 28.9 Å². The lowest BCUT2D eigenvalue weighted by atomic mass is 10.2. The smallest absolute Gasteiger partial charge is 0.243 e. The maximum Gasteiger partial charge on any atom is 0.243 e. The molecular weight excluding hydrogens is 354 g/mol. The molecule has 1 atom stereocenters. The minimum Gasteiger partial charge on any atom is -0.491 e. The van der Waals surface area contributed by atoms with E-state index in [1.807, 2.05) is 56.3 Å². The van der Waals surface area contributed by atoms with Crippen LogP contribution in [0.3, 0.4) is 0 Å². The number of anilines is 3. The van der Waals surface area contributed by atoms with Crippen LogP contribution in [0, 0.1) is 0 Å². The molecule has 0 fully saturated rings. The highest BCUT2D eigenvalue weighted by Crippen LogP contribution is 2.19. The summed E-state index contributed by atoms with van der Waals surface area (Å²) < 4.78 is 5.78. The summed E-state index contributed by atoms with van der Waals surface area (Å²) in [6, 6.07) is 14.7. The summed E-state index contributed by atoms with van der Waals surface area (Å²) in [5, 5.41) is 8.77. The number of rotatable bonds is 10. The molecule has 28 heavy (non-hydrogen) atoms. The lowest BCUT2D eigenvalue weighted by Gasteiger charge is -2.14. The zero-order chi connectivity index (χ0) is 20.4. The largest absolute Gasteiger partial charge is 0.491 e. The molecule has 0 saturated heterocycles. The Morgan fingerprint density at radius 1 is 0.929 bits per heavy atom. The molecule has 0 saturated carbocycles. The summed E-state index contributed by atoms with van der Waals surface area (Å²) in [7, 11) is 0. The Kier molecular flexibility index (Phi) is 8.34. The second-order valence-corrected chi connectivity index (χ2v) is 6.65. The van der Waals surface area contributed by atoms with Crippen LogP contribution in [0.25, 0.3) is 0 Å². The van der Waals surface area contributed by atoms with Crippen molar-refractivity contribution in [3.8, 4) is 5.75 Å². The van der Waals surface area contributed by atoms with E-state index in [4.69, 9.17) is 4.74 Å². The topological polar surface area (TPSA) is 79.5 Å². The lowest BCUT2D eigenvalue weighted by Crippen LogP contribution is -2.22. The molecule has 0 heterocycles. The average Bonchev–Trinajstić information content (AvgIpc) is 2.67. The van der Waals surface area contributed by atoms with Gasteiger partial charge in [0.15, 0.2) is 0 Å². The predicted octanol–water partition coefficient (Wildman–Crippen LogP) is 4.65. The first kappa shape index (κ1) is 21.3. The quantitative estimate of drug-likeness (QED) is 0.558. The monoisotopic (exact) mass is 383 g/mol. The highest BCUT2D eigenvalue weighted by molar-refractivity contribution is 5.94. The number of benzene rings is 2. The second kappa shape index (κ2) is 11.0. The number of carbonyl (C=O) groups excluding carboxylic acids is 2. The number of hydrogen-bond acceptors (Lipinski definition) is 4. The van der Waals surface area contributed by atoms with E-state index in [0.29, 0.717) is 17.8 Å². The van der Waals surface area contributed by atoms with Crippen molar-refractivity contribution in [2.45, 2.75) is 46.1 Å². The first-order valence-corrected chi connectivity index (χ1v) is 9.70. The van der Waals surface area contributed by atoms with E-state index in [-0.39, 0.29) is 24.5 Å². The molecule has 3 N–H and O–H groups in total.